The molecule has 6 aromatic carbocycles. The number of hydrogen-bond acceptors (Lipinski definition) is 12. The van der Waals surface area contributed by atoms with Gasteiger partial charge in [-0.1, -0.05) is 42.5 Å². The Labute approximate surface area is 289 Å². The Morgan fingerprint density at radius 3 is 1.27 bits per heavy atom. The van der Waals surface area contributed by atoms with E-state index in [1.54, 1.807) is 72.8 Å². The largest absolute Gasteiger partial charge is 0.507 e. The van der Waals surface area contributed by atoms with Crippen molar-refractivity contribution in [1.29, 1.82) is 0 Å². The minimum absolute atomic E-state index is 0.00306. The van der Waals surface area contributed by atoms with Crippen LogP contribution in [0.2, 0.25) is 0 Å². The van der Waals surface area contributed by atoms with Gasteiger partial charge in [0.2, 0.25) is 0 Å². The first-order valence-corrected chi connectivity index (χ1v) is 15.5. The van der Waals surface area contributed by atoms with Crippen molar-refractivity contribution in [1.82, 2.24) is 15.0 Å². The molecule has 1 aromatic heterocycles. The number of carbonyl (C=O) groups excluding carboxylic acids is 2. The third-order valence-corrected chi connectivity index (χ3v) is 8.67. The van der Waals surface area contributed by atoms with Crippen LogP contribution in [0.25, 0.3) is 66.5 Å². The van der Waals surface area contributed by atoms with Crippen LogP contribution in [0.3, 0.4) is 0 Å². The summed E-state index contributed by atoms with van der Waals surface area (Å²) in [7, 11) is 3.94. The van der Waals surface area contributed by atoms with Crippen LogP contribution in [0.5, 0.6) is 17.2 Å². The summed E-state index contributed by atoms with van der Waals surface area (Å²) >= 11 is 0. The van der Waals surface area contributed by atoms with E-state index < -0.39 is 18.2 Å². The summed E-state index contributed by atoms with van der Waals surface area (Å²) in [6, 6.07) is 24.0. The maximum absolute atomic E-state index is 12.3. The number of phenols is 3. The van der Waals surface area contributed by atoms with Gasteiger partial charge >= 0.3 is 11.9 Å². The summed E-state index contributed by atoms with van der Waals surface area (Å²) in [5.41, 5.74) is 1.70. The molecule has 254 valence electrons. The Hall–Kier alpha value is -6.63. The summed E-state index contributed by atoms with van der Waals surface area (Å²) in [6.07, 6.45) is -1.18. The third-order valence-electron chi connectivity index (χ3n) is 8.67. The van der Waals surface area contributed by atoms with Crippen LogP contribution < -0.4 is 0 Å². The Balaban J connectivity index is 1.55. The van der Waals surface area contributed by atoms with Crippen LogP contribution in [0.1, 0.15) is 32.6 Å². The molecule has 1 heterocycles. The van der Waals surface area contributed by atoms with Gasteiger partial charge in [-0.25, -0.2) is 24.5 Å². The number of aromatic hydroxyl groups is 3. The molecule has 12 heteroatoms. The quantitative estimate of drug-likeness (QED) is 0.104. The molecule has 0 radical (unpaired) electrons. The van der Waals surface area contributed by atoms with Gasteiger partial charge in [-0.3, -0.25) is 0 Å². The van der Waals surface area contributed by atoms with E-state index in [9.17, 15) is 30.0 Å². The highest BCUT2D eigenvalue weighted by molar-refractivity contribution is 6.05. The number of phenolic OH excluding ortho intramolecular Hbond substituents is 3. The summed E-state index contributed by atoms with van der Waals surface area (Å²) < 4.78 is 14.8. The molecule has 0 saturated heterocycles. The number of ether oxygens (including phenoxy) is 3. The van der Waals surface area contributed by atoms with Crippen molar-refractivity contribution in [2.75, 3.05) is 21.3 Å². The van der Waals surface area contributed by atoms with Crippen molar-refractivity contribution in [2.45, 2.75) is 6.29 Å². The average Bonchev–Trinajstić information content (AvgIpc) is 3.15. The van der Waals surface area contributed by atoms with Crippen LogP contribution in [-0.4, -0.2) is 68.6 Å². The number of fused-ring (bicyclic) bond motifs is 3. The normalized spacial score (nSPS) is 11.9. The van der Waals surface area contributed by atoms with Crippen LogP contribution in [-0.2, 0) is 14.2 Å². The fraction of sp³-hybridized carbons (Fsp3) is 0.103. The molecular weight excluding hydrogens is 654 g/mol. The van der Waals surface area contributed by atoms with E-state index in [2.05, 4.69) is 0 Å². The number of hydrogen-bond donors (Lipinski definition) is 4. The molecule has 1 atom stereocenters. The molecule has 0 amide bonds. The first kappa shape index (κ1) is 32.9. The Morgan fingerprint density at radius 1 is 0.529 bits per heavy atom. The minimum Gasteiger partial charge on any atom is -0.507 e. The smallest absolute Gasteiger partial charge is 0.337 e. The lowest BCUT2D eigenvalue weighted by atomic mass is 9.98. The fourth-order valence-electron chi connectivity index (χ4n) is 6.17. The zero-order valence-corrected chi connectivity index (χ0v) is 27.4. The molecule has 51 heavy (non-hydrogen) atoms. The molecule has 1 unspecified atom stereocenters. The van der Waals surface area contributed by atoms with Gasteiger partial charge in [0, 0.05) is 12.7 Å². The standard InChI is InChI=1S/C39H29N3O9/c1-49-37(46)22-4-10-25-19(16-22)7-13-28(43)31(25)34-40-35(32-26-11-5-23(38(47)50-2)17-20(26)8-14-29(32)44)42-36(41-34)33-27-12-6-24(39(48)51-3)18-21(27)9-15-30(33)45/h4-18,37,43-46H,1-3H3. The van der Waals surface area contributed by atoms with Crippen LogP contribution in [0.4, 0.5) is 0 Å². The van der Waals surface area contributed by atoms with Crippen LogP contribution in [0, 0.1) is 0 Å². The molecule has 0 aliphatic carbocycles. The second-order valence-corrected chi connectivity index (χ2v) is 11.6. The van der Waals surface area contributed by atoms with E-state index in [0.717, 1.165) is 0 Å². The predicted molar refractivity (Wildman–Crippen MR) is 188 cm³/mol. The highest BCUT2D eigenvalue weighted by Gasteiger charge is 2.24. The molecule has 7 rings (SSSR count). The van der Waals surface area contributed by atoms with Gasteiger partial charge in [0.25, 0.3) is 0 Å². The molecule has 0 aliphatic rings. The van der Waals surface area contributed by atoms with Crippen molar-refractivity contribution < 1.29 is 44.2 Å². The molecule has 0 bridgehead atoms. The van der Waals surface area contributed by atoms with E-state index in [4.69, 9.17) is 29.2 Å². The first-order valence-electron chi connectivity index (χ1n) is 15.5. The number of methoxy groups -OCH3 is 3. The maximum Gasteiger partial charge on any atom is 0.337 e. The van der Waals surface area contributed by atoms with Gasteiger partial charge in [0.15, 0.2) is 23.8 Å². The topological polar surface area (TPSA) is 181 Å². The van der Waals surface area contributed by atoms with Gasteiger partial charge in [-0.2, -0.15) is 0 Å². The van der Waals surface area contributed by atoms with Crippen LogP contribution >= 0.6 is 0 Å². The van der Waals surface area contributed by atoms with Crippen molar-refractivity contribution in [2.24, 2.45) is 0 Å². The predicted octanol–water partition coefficient (Wildman–Crippen LogP) is 6.66. The lowest BCUT2D eigenvalue weighted by Gasteiger charge is -2.16. The van der Waals surface area contributed by atoms with E-state index in [1.807, 2.05) is 0 Å². The monoisotopic (exact) mass is 683 g/mol. The van der Waals surface area contributed by atoms with Gasteiger partial charge in [0.05, 0.1) is 42.0 Å². The number of aromatic nitrogens is 3. The zero-order chi connectivity index (χ0) is 36.0. The fourth-order valence-corrected chi connectivity index (χ4v) is 6.17. The highest BCUT2D eigenvalue weighted by atomic mass is 16.6. The highest BCUT2D eigenvalue weighted by Crippen LogP contribution is 2.42. The number of carbonyl (C=O) groups is 2. The van der Waals surface area contributed by atoms with E-state index >= 15 is 0 Å². The van der Waals surface area contributed by atoms with Gasteiger partial charge in [-0.05, 0) is 80.8 Å². The zero-order valence-electron chi connectivity index (χ0n) is 27.4. The lowest BCUT2D eigenvalue weighted by molar-refractivity contribution is -0.0768. The number of aliphatic hydroxyl groups excluding tert-OH is 1. The molecule has 12 nitrogen and oxygen atoms in total. The molecule has 0 spiro atoms. The number of esters is 2. The minimum atomic E-state index is -1.18. The number of rotatable bonds is 7. The van der Waals surface area contributed by atoms with Crippen molar-refractivity contribution in [3.63, 3.8) is 0 Å². The van der Waals surface area contributed by atoms with Gasteiger partial charge in [0.1, 0.15) is 17.2 Å². The van der Waals surface area contributed by atoms with Gasteiger partial charge < -0.3 is 34.6 Å². The molecule has 0 fully saturated rings. The van der Waals surface area contributed by atoms with Crippen molar-refractivity contribution in [3.05, 3.63) is 108 Å². The molecule has 0 saturated carbocycles. The molecule has 0 aliphatic heterocycles. The Morgan fingerprint density at radius 2 is 0.902 bits per heavy atom. The van der Waals surface area contributed by atoms with E-state index in [1.165, 1.54) is 39.5 Å². The second kappa shape index (κ2) is 13.0. The van der Waals surface area contributed by atoms with Crippen molar-refractivity contribution in [3.8, 4) is 51.4 Å². The number of nitrogens with zero attached hydrogens (tertiary/aromatic N) is 3. The maximum atomic E-state index is 12.3. The average molecular weight is 684 g/mol. The molecule has 7 aromatic rings. The first-order chi connectivity index (χ1) is 24.6. The Bertz CT molecular complexity index is 2430. The van der Waals surface area contributed by atoms with Crippen molar-refractivity contribution >= 4 is 44.3 Å². The Kier molecular flexibility index (Phi) is 8.39. The summed E-state index contributed by atoms with van der Waals surface area (Å²) in [5.74, 6) is -1.60. The van der Waals surface area contributed by atoms with Crippen LogP contribution in [0.15, 0.2) is 91.0 Å². The third kappa shape index (κ3) is 5.78. The SMILES string of the molecule is COC(=O)c1ccc2c(-c3nc(-c4c(O)ccc5cc(C(=O)OC)ccc45)nc(-c4c(O)ccc5cc(C(O)OC)ccc45)n3)c(O)ccc2c1. The second-order valence-electron chi connectivity index (χ2n) is 11.6. The summed E-state index contributed by atoms with van der Waals surface area (Å²) in [4.78, 5) is 38.9. The van der Waals surface area contributed by atoms with Gasteiger partial charge in [-0.15, -0.1) is 0 Å². The number of benzene rings is 6. The lowest BCUT2D eigenvalue weighted by Crippen LogP contribution is -2.04. The molecular formula is C39H29N3O9. The van der Waals surface area contributed by atoms with E-state index in [0.29, 0.717) is 49.0 Å². The molecule has 4 N–H and O–H groups in total. The number of aliphatic hydroxyl groups is 1. The summed E-state index contributed by atoms with van der Waals surface area (Å²) in [5, 5.41) is 47.5. The summed E-state index contributed by atoms with van der Waals surface area (Å²) in [6.45, 7) is 0. The van der Waals surface area contributed by atoms with E-state index in [-0.39, 0.29) is 51.4 Å².